The molecule has 0 amide bonds. The molecule has 0 aromatic carbocycles. The number of nitrogens with one attached hydrogen (secondary N) is 2. The van der Waals surface area contributed by atoms with Crippen LogP contribution in [0, 0.1) is 0 Å². The second kappa shape index (κ2) is 8.02. The Balaban J connectivity index is 2.61. The number of nitrogens with zero attached hydrogens (tertiary/aromatic N) is 2. The van der Waals surface area contributed by atoms with Gasteiger partial charge in [-0.25, -0.2) is 0 Å². The van der Waals surface area contributed by atoms with Crippen LogP contribution in [0.25, 0.3) is 0 Å². The third-order valence-electron chi connectivity index (χ3n) is 2.45. The number of hydrogen-bond acceptors (Lipinski definition) is 6. The predicted octanol–water partition coefficient (Wildman–Crippen LogP) is 2.43. The van der Waals surface area contributed by atoms with Gasteiger partial charge in [0, 0.05) is 18.7 Å². The largest absolute Gasteiger partial charge is 0.370 e. The standard InChI is InChI=1S/C12H23N5S/c1-4-6-14-10-8-11(17-12(13)16-10)15-9(2)5-7-18-3/h8-9H,4-7H2,1-3H3,(H4,13,14,15,16,17). The van der Waals surface area contributed by atoms with Crippen molar-refractivity contribution in [3.63, 3.8) is 0 Å². The molecule has 0 spiro atoms. The maximum Gasteiger partial charge on any atom is 0.223 e. The van der Waals surface area contributed by atoms with E-state index in [0.29, 0.717) is 12.0 Å². The monoisotopic (exact) mass is 269 g/mol. The Morgan fingerprint density at radius 3 is 2.78 bits per heavy atom. The molecular formula is C12H23N5S. The van der Waals surface area contributed by atoms with E-state index < -0.39 is 0 Å². The van der Waals surface area contributed by atoms with Gasteiger partial charge in [0.15, 0.2) is 0 Å². The number of nitrogens with two attached hydrogens (primary N) is 1. The molecule has 1 aromatic rings. The Morgan fingerprint density at radius 1 is 1.39 bits per heavy atom. The van der Waals surface area contributed by atoms with E-state index in [1.165, 1.54) is 0 Å². The molecule has 5 nitrogen and oxygen atoms in total. The van der Waals surface area contributed by atoms with Crippen LogP contribution in [-0.2, 0) is 0 Å². The first-order valence-electron chi connectivity index (χ1n) is 6.29. The fourth-order valence-electron chi connectivity index (χ4n) is 1.50. The van der Waals surface area contributed by atoms with Crippen LogP contribution in [0.3, 0.4) is 0 Å². The molecule has 0 aliphatic heterocycles. The molecule has 6 heteroatoms. The highest BCUT2D eigenvalue weighted by Gasteiger charge is 2.05. The second-order valence-electron chi connectivity index (χ2n) is 4.25. The lowest BCUT2D eigenvalue weighted by Crippen LogP contribution is -2.18. The van der Waals surface area contributed by atoms with E-state index in [0.717, 1.165) is 36.8 Å². The Bertz CT molecular complexity index is 358. The summed E-state index contributed by atoms with van der Waals surface area (Å²) in [4.78, 5) is 8.35. The summed E-state index contributed by atoms with van der Waals surface area (Å²) >= 11 is 1.85. The van der Waals surface area contributed by atoms with Gasteiger partial charge in [0.1, 0.15) is 11.6 Å². The van der Waals surface area contributed by atoms with Gasteiger partial charge in [0.05, 0.1) is 0 Å². The van der Waals surface area contributed by atoms with Crippen molar-refractivity contribution >= 4 is 29.3 Å². The van der Waals surface area contributed by atoms with Crippen LogP contribution in [0.2, 0.25) is 0 Å². The number of thioether (sulfide) groups is 1. The highest BCUT2D eigenvalue weighted by Crippen LogP contribution is 2.14. The van der Waals surface area contributed by atoms with Gasteiger partial charge in [-0.15, -0.1) is 0 Å². The number of rotatable bonds is 8. The van der Waals surface area contributed by atoms with Crippen LogP contribution in [0.1, 0.15) is 26.7 Å². The number of aromatic nitrogens is 2. The van der Waals surface area contributed by atoms with Gasteiger partial charge in [-0.3, -0.25) is 0 Å². The van der Waals surface area contributed by atoms with Crippen molar-refractivity contribution in [1.29, 1.82) is 0 Å². The van der Waals surface area contributed by atoms with Gasteiger partial charge >= 0.3 is 0 Å². The van der Waals surface area contributed by atoms with Crippen molar-refractivity contribution < 1.29 is 0 Å². The Labute approximate surface area is 113 Å². The lowest BCUT2D eigenvalue weighted by atomic mass is 10.2. The summed E-state index contributed by atoms with van der Waals surface area (Å²) in [7, 11) is 0. The summed E-state index contributed by atoms with van der Waals surface area (Å²) in [5, 5.41) is 6.57. The minimum absolute atomic E-state index is 0.302. The van der Waals surface area contributed by atoms with Crippen molar-refractivity contribution in [3.05, 3.63) is 6.07 Å². The molecule has 102 valence electrons. The molecule has 1 aromatic heterocycles. The average molecular weight is 269 g/mol. The van der Waals surface area contributed by atoms with E-state index in [-0.39, 0.29) is 0 Å². The zero-order valence-corrected chi connectivity index (χ0v) is 12.2. The normalized spacial score (nSPS) is 12.2. The van der Waals surface area contributed by atoms with Crippen LogP contribution < -0.4 is 16.4 Å². The van der Waals surface area contributed by atoms with Gasteiger partial charge < -0.3 is 16.4 Å². The van der Waals surface area contributed by atoms with Crippen molar-refractivity contribution in [3.8, 4) is 0 Å². The SMILES string of the molecule is CCCNc1cc(NC(C)CCSC)nc(N)n1. The summed E-state index contributed by atoms with van der Waals surface area (Å²) in [6.07, 6.45) is 4.27. The van der Waals surface area contributed by atoms with E-state index >= 15 is 0 Å². The summed E-state index contributed by atoms with van der Waals surface area (Å²) < 4.78 is 0. The quantitative estimate of drug-likeness (QED) is 0.673. The van der Waals surface area contributed by atoms with E-state index in [2.05, 4.69) is 40.7 Å². The first kappa shape index (κ1) is 14.9. The van der Waals surface area contributed by atoms with Crippen LogP contribution in [-0.4, -0.2) is 34.6 Å². The van der Waals surface area contributed by atoms with E-state index in [9.17, 15) is 0 Å². The fraction of sp³-hybridized carbons (Fsp3) is 0.667. The van der Waals surface area contributed by atoms with Crippen molar-refractivity contribution in [2.24, 2.45) is 0 Å². The molecule has 4 N–H and O–H groups in total. The first-order valence-corrected chi connectivity index (χ1v) is 7.69. The molecule has 0 aliphatic carbocycles. The lowest BCUT2D eigenvalue weighted by molar-refractivity contribution is 0.766. The third kappa shape index (κ3) is 5.44. The first-order chi connectivity index (χ1) is 8.65. The van der Waals surface area contributed by atoms with Crippen molar-refractivity contribution in [1.82, 2.24) is 9.97 Å². The maximum atomic E-state index is 5.70. The summed E-state index contributed by atoms with van der Waals surface area (Å²) in [5.74, 6) is 3.00. The highest BCUT2D eigenvalue weighted by molar-refractivity contribution is 7.98. The van der Waals surface area contributed by atoms with E-state index in [4.69, 9.17) is 5.73 Å². The number of nitrogen functional groups attached to an aromatic ring is 1. The Morgan fingerprint density at radius 2 is 2.11 bits per heavy atom. The van der Waals surface area contributed by atoms with Gasteiger partial charge in [-0.05, 0) is 31.8 Å². The third-order valence-corrected chi connectivity index (χ3v) is 3.09. The van der Waals surface area contributed by atoms with Crippen LogP contribution in [0.5, 0.6) is 0 Å². The minimum atomic E-state index is 0.302. The number of hydrogen-bond donors (Lipinski definition) is 3. The summed E-state index contributed by atoms with van der Waals surface area (Å²) in [6, 6.07) is 2.28. The molecule has 0 fully saturated rings. The van der Waals surface area contributed by atoms with Crippen LogP contribution in [0.4, 0.5) is 17.6 Å². The molecule has 1 atom stereocenters. The predicted molar refractivity (Wildman–Crippen MR) is 81.3 cm³/mol. The summed E-state index contributed by atoms with van der Waals surface area (Å²) in [6.45, 7) is 5.15. The van der Waals surface area contributed by atoms with Crippen LogP contribution >= 0.6 is 11.8 Å². The zero-order valence-electron chi connectivity index (χ0n) is 11.4. The molecule has 0 saturated heterocycles. The van der Waals surface area contributed by atoms with Gasteiger partial charge in [-0.2, -0.15) is 21.7 Å². The van der Waals surface area contributed by atoms with E-state index in [1.54, 1.807) is 0 Å². The van der Waals surface area contributed by atoms with Gasteiger partial charge in [0.2, 0.25) is 5.95 Å². The Hall–Kier alpha value is -1.17. The molecule has 18 heavy (non-hydrogen) atoms. The molecule has 1 unspecified atom stereocenters. The molecule has 0 radical (unpaired) electrons. The number of anilines is 3. The van der Waals surface area contributed by atoms with Gasteiger partial charge in [-0.1, -0.05) is 6.92 Å². The highest BCUT2D eigenvalue weighted by atomic mass is 32.2. The fourth-order valence-corrected chi connectivity index (χ4v) is 2.09. The summed E-state index contributed by atoms with van der Waals surface area (Å²) in [5.41, 5.74) is 5.70. The minimum Gasteiger partial charge on any atom is -0.370 e. The van der Waals surface area contributed by atoms with Crippen LogP contribution in [0.15, 0.2) is 6.07 Å². The molecule has 1 rings (SSSR count). The molecule has 0 saturated carbocycles. The van der Waals surface area contributed by atoms with E-state index in [1.807, 2.05) is 17.8 Å². The maximum absolute atomic E-state index is 5.70. The molecule has 0 bridgehead atoms. The molecule has 1 heterocycles. The lowest BCUT2D eigenvalue weighted by Gasteiger charge is -2.15. The zero-order chi connectivity index (χ0) is 13.4. The van der Waals surface area contributed by atoms with Gasteiger partial charge in [0.25, 0.3) is 0 Å². The topological polar surface area (TPSA) is 75.9 Å². The average Bonchev–Trinajstić information content (AvgIpc) is 2.33. The molecular weight excluding hydrogens is 246 g/mol. The second-order valence-corrected chi connectivity index (χ2v) is 5.24. The Kier molecular flexibility index (Phi) is 6.64. The van der Waals surface area contributed by atoms with Crippen molar-refractivity contribution in [2.45, 2.75) is 32.7 Å². The van der Waals surface area contributed by atoms with Crippen molar-refractivity contribution in [2.75, 3.05) is 34.9 Å². The smallest absolute Gasteiger partial charge is 0.223 e. The molecule has 0 aliphatic rings.